The molecule has 1 aliphatic carbocycles. The van der Waals surface area contributed by atoms with E-state index >= 15 is 0 Å². The second-order valence-electron chi connectivity index (χ2n) is 19.0. The molecule has 0 amide bonds. The summed E-state index contributed by atoms with van der Waals surface area (Å²) >= 11 is 0. The highest BCUT2D eigenvalue weighted by Gasteiger charge is 2.42. The molecular weight excluding hydrogens is 699 g/mol. The minimum atomic E-state index is -0.118. The van der Waals surface area contributed by atoms with Gasteiger partial charge in [0.15, 0.2) is 7.28 Å². The van der Waals surface area contributed by atoms with Crippen LogP contribution in [0.4, 0.5) is 28.4 Å². The molecule has 0 saturated carbocycles. The Morgan fingerprint density at radius 3 is 1.86 bits per heavy atom. The second-order valence-corrected chi connectivity index (χ2v) is 19.0. The van der Waals surface area contributed by atoms with Gasteiger partial charge in [-0.3, -0.25) is 0 Å². The smallest absolute Gasteiger partial charge is 0.198 e. The van der Waals surface area contributed by atoms with Crippen LogP contribution in [0.1, 0.15) is 87.8 Å². The van der Waals surface area contributed by atoms with Gasteiger partial charge in [0.2, 0.25) is 0 Å². The maximum absolute atomic E-state index is 4.03. The lowest BCUT2D eigenvalue weighted by Crippen LogP contribution is -2.45. The first kappa shape index (κ1) is 36.5. The monoisotopic (exact) mass is 752 g/mol. The minimum Gasteiger partial charge on any atom is -0.355 e. The van der Waals surface area contributed by atoms with Crippen LogP contribution in [0.25, 0.3) is 33.4 Å². The summed E-state index contributed by atoms with van der Waals surface area (Å²) in [5, 5.41) is 4.03. The molecule has 2 aliphatic heterocycles. The van der Waals surface area contributed by atoms with Gasteiger partial charge in [-0.1, -0.05) is 144 Å². The summed E-state index contributed by atoms with van der Waals surface area (Å²) in [4.78, 5) is 2.62. The number of anilines is 5. The lowest BCUT2D eigenvalue weighted by Gasteiger charge is -2.46. The van der Waals surface area contributed by atoms with Crippen molar-refractivity contribution >= 4 is 46.6 Å². The summed E-state index contributed by atoms with van der Waals surface area (Å²) in [5.74, 6) is 0. The molecule has 286 valence electrons. The number of hydrogen-bond acceptors (Lipinski definition) is 2. The Balaban J connectivity index is 1.26. The van der Waals surface area contributed by atoms with Gasteiger partial charge < -0.3 is 10.2 Å². The number of rotatable bonds is 5. The van der Waals surface area contributed by atoms with Crippen molar-refractivity contribution in [1.82, 2.24) is 0 Å². The molecule has 58 heavy (non-hydrogen) atoms. The molecule has 2 heterocycles. The Bertz CT molecular complexity index is 2750. The molecule has 7 aromatic rings. The third-order valence-corrected chi connectivity index (χ3v) is 14.0. The molecule has 2 nitrogen and oxygen atoms in total. The molecule has 0 unspecified atom stereocenters. The van der Waals surface area contributed by atoms with Crippen LogP contribution in [0, 0.1) is 13.8 Å². The fourth-order valence-electron chi connectivity index (χ4n) is 10.6. The van der Waals surface area contributed by atoms with Crippen molar-refractivity contribution in [3.05, 3.63) is 173 Å². The Morgan fingerprint density at radius 1 is 0.517 bits per heavy atom. The third-order valence-electron chi connectivity index (χ3n) is 14.0. The lowest BCUT2D eigenvalue weighted by molar-refractivity contribution is 0.332. The van der Waals surface area contributed by atoms with E-state index in [1.165, 1.54) is 101 Å². The molecule has 0 atom stereocenters. The first-order valence-corrected chi connectivity index (χ1v) is 21.2. The molecule has 10 rings (SSSR count). The van der Waals surface area contributed by atoms with E-state index in [0.29, 0.717) is 0 Å². The Labute approximate surface area is 346 Å². The van der Waals surface area contributed by atoms with Crippen LogP contribution in [-0.4, -0.2) is 7.28 Å². The van der Waals surface area contributed by atoms with Crippen molar-refractivity contribution < 1.29 is 0 Å². The van der Waals surface area contributed by atoms with Crippen LogP contribution in [0.2, 0.25) is 0 Å². The van der Waals surface area contributed by atoms with Crippen molar-refractivity contribution in [2.75, 3.05) is 10.2 Å². The molecule has 1 N–H and O–H groups in total. The molecule has 3 aliphatic rings. The van der Waals surface area contributed by atoms with Crippen molar-refractivity contribution in [3.8, 4) is 33.4 Å². The highest BCUT2D eigenvalue weighted by molar-refractivity contribution is 6.73. The number of nitrogens with zero attached hydrogens (tertiary/aromatic N) is 1. The SMILES string of the molecule is Cc1cccc(C)c1-c1cc(-c2cc3c(cc2Nc2ccc(-c4ccccc4)cc2)C(C)(C)CCC3(C)C)c2c(c1)N1c3ccccc3C(C)(C)c3cccc(c31)B2. The van der Waals surface area contributed by atoms with E-state index in [-0.39, 0.29) is 16.2 Å². The van der Waals surface area contributed by atoms with Crippen molar-refractivity contribution in [1.29, 1.82) is 0 Å². The summed E-state index contributed by atoms with van der Waals surface area (Å²) in [7, 11) is 0.868. The lowest BCUT2D eigenvalue weighted by atomic mass is 9.55. The zero-order chi connectivity index (χ0) is 40.1. The highest BCUT2D eigenvalue weighted by atomic mass is 15.2. The first-order valence-electron chi connectivity index (χ1n) is 21.2. The number of benzene rings is 7. The standard InChI is InChI=1S/C55H53BN2/c1-34-16-14-17-35(2)50(34)38-30-41(51-49(31-38)58-48-23-13-12-20-42(48)55(7,8)43-21-15-22-46(56-51)52(43)58)40-32-44-45(54(5,6)29-28-53(44,3)4)33-47(40)57-39-26-24-37(25-27-39)36-18-10-9-11-19-36/h9-27,30-33,56-57H,28-29H2,1-8H3. The van der Waals surface area contributed by atoms with E-state index in [1.54, 1.807) is 0 Å². The van der Waals surface area contributed by atoms with Crippen LogP contribution >= 0.6 is 0 Å². The van der Waals surface area contributed by atoms with Crippen LogP contribution in [0.15, 0.2) is 140 Å². The van der Waals surface area contributed by atoms with E-state index in [1.807, 2.05) is 0 Å². The summed E-state index contributed by atoms with van der Waals surface area (Å²) in [5.41, 5.74) is 24.8. The average molecular weight is 753 g/mol. The number of hydrogen-bond donors (Lipinski definition) is 1. The Morgan fingerprint density at radius 2 is 1.14 bits per heavy atom. The van der Waals surface area contributed by atoms with Gasteiger partial charge in [0, 0.05) is 33.7 Å². The predicted octanol–water partition coefficient (Wildman–Crippen LogP) is 13.2. The number of nitrogens with one attached hydrogen (secondary N) is 1. The Kier molecular flexibility index (Phi) is 8.26. The fourth-order valence-corrected chi connectivity index (χ4v) is 10.6. The highest BCUT2D eigenvalue weighted by Crippen LogP contribution is 2.54. The fraction of sp³-hybridized carbons (Fsp3) is 0.236. The molecule has 0 radical (unpaired) electrons. The topological polar surface area (TPSA) is 15.3 Å². The molecule has 0 saturated heterocycles. The van der Waals surface area contributed by atoms with E-state index in [0.717, 1.165) is 25.1 Å². The number of para-hydroxylation sites is 2. The first-order chi connectivity index (χ1) is 27.8. The molecule has 7 aromatic carbocycles. The van der Waals surface area contributed by atoms with E-state index in [2.05, 4.69) is 205 Å². The summed E-state index contributed by atoms with van der Waals surface area (Å²) in [6.07, 6.45) is 2.33. The molecule has 0 fully saturated rings. The van der Waals surface area contributed by atoms with Crippen LogP contribution < -0.4 is 21.1 Å². The number of aryl methyl sites for hydroxylation is 2. The molecule has 0 aromatic heterocycles. The maximum Gasteiger partial charge on any atom is 0.198 e. The molecular formula is C55H53BN2. The van der Waals surface area contributed by atoms with Gasteiger partial charge in [0.1, 0.15) is 0 Å². The van der Waals surface area contributed by atoms with E-state index in [4.69, 9.17) is 0 Å². The minimum absolute atomic E-state index is 0.0542. The van der Waals surface area contributed by atoms with Crippen LogP contribution in [0.5, 0.6) is 0 Å². The molecule has 0 spiro atoms. The van der Waals surface area contributed by atoms with Crippen LogP contribution in [0.3, 0.4) is 0 Å². The van der Waals surface area contributed by atoms with Gasteiger partial charge >= 0.3 is 0 Å². The Hall–Kier alpha value is -5.80. The normalized spacial score (nSPS) is 16.3. The largest absolute Gasteiger partial charge is 0.355 e. The van der Waals surface area contributed by atoms with E-state index in [9.17, 15) is 0 Å². The van der Waals surface area contributed by atoms with E-state index < -0.39 is 0 Å². The molecule has 3 heteroatoms. The second kappa shape index (κ2) is 13.1. The van der Waals surface area contributed by atoms with Crippen molar-refractivity contribution in [3.63, 3.8) is 0 Å². The van der Waals surface area contributed by atoms with Gasteiger partial charge in [0.25, 0.3) is 0 Å². The van der Waals surface area contributed by atoms with Crippen molar-refractivity contribution in [2.45, 2.75) is 84.5 Å². The average Bonchev–Trinajstić information content (AvgIpc) is 3.21. The van der Waals surface area contributed by atoms with Gasteiger partial charge in [-0.2, -0.15) is 0 Å². The maximum atomic E-state index is 4.03. The van der Waals surface area contributed by atoms with Gasteiger partial charge in [-0.15, -0.1) is 0 Å². The number of fused-ring (bicyclic) bond motifs is 5. The van der Waals surface area contributed by atoms with Gasteiger partial charge in [0.05, 0.1) is 5.69 Å². The van der Waals surface area contributed by atoms with Gasteiger partial charge in [-0.25, -0.2) is 0 Å². The summed E-state index contributed by atoms with van der Waals surface area (Å²) in [6.45, 7) is 19.1. The predicted molar refractivity (Wildman–Crippen MR) is 250 cm³/mol. The summed E-state index contributed by atoms with van der Waals surface area (Å²) in [6, 6.07) is 52.6. The quantitative estimate of drug-likeness (QED) is 0.176. The van der Waals surface area contributed by atoms with Crippen LogP contribution in [-0.2, 0) is 16.2 Å². The summed E-state index contributed by atoms with van der Waals surface area (Å²) < 4.78 is 0. The van der Waals surface area contributed by atoms with Crippen molar-refractivity contribution in [2.24, 2.45) is 0 Å². The molecule has 0 bridgehead atoms. The zero-order valence-electron chi connectivity index (χ0n) is 35.3. The third kappa shape index (κ3) is 5.69. The zero-order valence-corrected chi connectivity index (χ0v) is 35.3. The van der Waals surface area contributed by atoms with Gasteiger partial charge in [-0.05, 0) is 147 Å².